The Morgan fingerprint density at radius 3 is 2.10 bits per heavy atom. The fourth-order valence-corrected chi connectivity index (χ4v) is 3.97. The summed E-state index contributed by atoms with van der Waals surface area (Å²) in [6.45, 7) is 7.25. The van der Waals surface area contributed by atoms with E-state index in [1.54, 1.807) is 0 Å². The number of nitrogens with one attached hydrogen (secondary N) is 4. The first-order valence-electron chi connectivity index (χ1n) is 10.2. The minimum Gasteiger partial charge on any atom is -0.338 e. The van der Waals surface area contributed by atoms with Crippen LogP contribution in [0.5, 0.6) is 0 Å². The predicted octanol–water partition coefficient (Wildman–Crippen LogP) is 3.43. The molecule has 0 aromatic carbocycles. The van der Waals surface area contributed by atoms with Gasteiger partial charge < -0.3 is 10.6 Å². The lowest BCUT2D eigenvalue weighted by Gasteiger charge is -2.08. The standard InChI is InChI=1S/C19H36N4O4S2/c1-4-5-6-7-11-20-18(26)23-17(25)14-29-28-13-12-21-19(27)22-16(24)10-8-9-15(2)3/h15H,4-14H2,1-3H3,(H2,20,23,25,26)(H2,21,22,24,27). The SMILES string of the molecule is CCCCCCNC(=O)NC(=O)CSSCCNC(=O)NC(=O)CCCC(C)C. The van der Waals surface area contributed by atoms with Crippen molar-refractivity contribution >= 4 is 45.5 Å². The van der Waals surface area contributed by atoms with E-state index in [0.717, 1.165) is 38.5 Å². The number of carbonyl (C=O) groups is 4. The topological polar surface area (TPSA) is 116 Å². The molecule has 0 saturated heterocycles. The molecular formula is C19H36N4O4S2. The number of amides is 6. The molecule has 0 heterocycles. The molecule has 0 aliphatic carbocycles. The summed E-state index contributed by atoms with van der Waals surface area (Å²) in [5.41, 5.74) is 0. The Bertz CT molecular complexity index is 505. The van der Waals surface area contributed by atoms with Crippen LogP contribution in [0, 0.1) is 5.92 Å². The quantitative estimate of drug-likeness (QED) is 0.225. The zero-order chi connectivity index (χ0) is 21.9. The highest BCUT2D eigenvalue weighted by Crippen LogP contribution is 2.19. The van der Waals surface area contributed by atoms with E-state index < -0.39 is 12.1 Å². The average molecular weight is 449 g/mol. The van der Waals surface area contributed by atoms with Crippen LogP contribution in [0.3, 0.4) is 0 Å². The van der Waals surface area contributed by atoms with Gasteiger partial charge in [-0.15, -0.1) is 0 Å². The first kappa shape index (κ1) is 27.6. The maximum Gasteiger partial charge on any atom is 0.321 e. The van der Waals surface area contributed by atoms with Gasteiger partial charge in [-0.1, -0.05) is 68.0 Å². The summed E-state index contributed by atoms with van der Waals surface area (Å²) in [6.07, 6.45) is 6.31. The second kappa shape index (κ2) is 18.6. The number of hydrogen-bond donors (Lipinski definition) is 4. The Labute approximate surface area is 182 Å². The van der Waals surface area contributed by atoms with Crippen LogP contribution >= 0.6 is 21.6 Å². The predicted molar refractivity (Wildman–Crippen MR) is 121 cm³/mol. The van der Waals surface area contributed by atoms with Crippen LogP contribution in [0.15, 0.2) is 0 Å². The minimum absolute atomic E-state index is 0.147. The maximum atomic E-state index is 11.7. The van der Waals surface area contributed by atoms with Crippen LogP contribution in [0.1, 0.15) is 65.7 Å². The fraction of sp³-hybridized carbons (Fsp3) is 0.789. The van der Waals surface area contributed by atoms with Gasteiger partial charge in [0.1, 0.15) is 0 Å². The van der Waals surface area contributed by atoms with Gasteiger partial charge in [0.15, 0.2) is 0 Å². The Kier molecular flexibility index (Phi) is 17.7. The molecule has 0 unspecified atom stereocenters. The molecule has 29 heavy (non-hydrogen) atoms. The van der Waals surface area contributed by atoms with E-state index in [1.807, 2.05) is 0 Å². The number of carbonyl (C=O) groups excluding carboxylic acids is 4. The van der Waals surface area contributed by atoms with Crippen LogP contribution in [0.4, 0.5) is 9.59 Å². The molecule has 0 aliphatic rings. The molecule has 0 fully saturated rings. The van der Waals surface area contributed by atoms with Gasteiger partial charge in [0, 0.05) is 25.3 Å². The van der Waals surface area contributed by atoms with Crippen molar-refractivity contribution in [1.29, 1.82) is 0 Å². The van der Waals surface area contributed by atoms with Crippen molar-refractivity contribution < 1.29 is 19.2 Å². The summed E-state index contributed by atoms with van der Waals surface area (Å²) in [6, 6.07) is -0.966. The van der Waals surface area contributed by atoms with Gasteiger partial charge in [0.25, 0.3) is 0 Å². The summed E-state index contributed by atoms with van der Waals surface area (Å²) in [5.74, 6) is 0.639. The van der Waals surface area contributed by atoms with Gasteiger partial charge in [0.2, 0.25) is 11.8 Å². The zero-order valence-corrected chi connectivity index (χ0v) is 19.4. The second-order valence-corrected chi connectivity index (χ2v) is 9.62. The van der Waals surface area contributed by atoms with E-state index in [1.165, 1.54) is 21.6 Å². The largest absolute Gasteiger partial charge is 0.338 e. The molecular weight excluding hydrogens is 412 g/mol. The van der Waals surface area contributed by atoms with Crippen LogP contribution in [0.25, 0.3) is 0 Å². The van der Waals surface area contributed by atoms with Crippen molar-refractivity contribution in [3.05, 3.63) is 0 Å². The smallest absolute Gasteiger partial charge is 0.321 e. The summed E-state index contributed by atoms with van der Waals surface area (Å²) in [5, 5.41) is 9.84. The van der Waals surface area contributed by atoms with Crippen molar-refractivity contribution in [3.8, 4) is 0 Å². The Morgan fingerprint density at radius 2 is 1.45 bits per heavy atom. The van der Waals surface area contributed by atoms with Crippen molar-refractivity contribution in [1.82, 2.24) is 21.3 Å². The van der Waals surface area contributed by atoms with Crippen LogP contribution in [-0.2, 0) is 9.59 Å². The molecule has 0 aliphatic heterocycles. The van der Waals surface area contributed by atoms with E-state index in [2.05, 4.69) is 42.0 Å². The highest BCUT2D eigenvalue weighted by molar-refractivity contribution is 8.76. The first-order valence-corrected chi connectivity index (χ1v) is 12.7. The van der Waals surface area contributed by atoms with E-state index in [4.69, 9.17) is 0 Å². The molecule has 4 N–H and O–H groups in total. The monoisotopic (exact) mass is 448 g/mol. The van der Waals surface area contributed by atoms with Crippen LogP contribution < -0.4 is 21.3 Å². The lowest BCUT2D eigenvalue weighted by molar-refractivity contribution is -0.120. The molecule has 168 valence electrons. The summed E-state index contributed by atoms with van der Waals surface area (Å²) in [7, 11) is 2.71. The first-order chi connectivity index (χ1) is 13.8. The van der Waals surface area contributed by atoms with Crippen LogP contribution in [0.2, 0.25) is 0 Å². The zero-order valence-electron chi connectivity index (χ0n) is 17.8. The minimum atomic E-state index is -0.501. The average Bonchev–Trinajstić information content (AvgIpc) is 2.64. The highest BCUT2D eigenvalue weighted by atomic mass is 33.1. The van der Waals surface area contributed by atoms with Gasteiger partial charge in [-0.05, 0) is 18.8 Å². The lowest BCUT2D eigenvalue weighted by atomic mass is 10.1. The van der Waals surface area contributed by atoms with Crippen LogP contribution in [-0.4, -0.2) is 48.5 Å². The van der Waals surface area contributed by atoms with Gasteiger partial charge in [-0.25, -0.2) is 9.59 Å². The van der Waals surface area contributed by atoms with Crippen molar-refractivity contribution in [3.63, 3.8) is 0 Å². The number of hydrogen-bond acceptors (Lipinski definition) is 6. The lowest BCUT2D eigenvalue weighted by Crippen LogP contribution is -2.40. The van der Waals surface area contributed by atoms with Gasteiger partial charge in [0.05, 0.1) is 5.75 Å². The van der Waals surface area contributed by atoms with Crippen molar-refractivity contribution in [2.45, 2.75) is 65.7 Å². The molecule has 0 spiro atoms. The number of urea groups is 2. The molecule has 0 bridgehead atoms. The molecule has 6 amide bonds. The molecule has 0 aromatic heterocycles. The third-order valence-electron chi connectivity index (χ3n) is 3.75. The summed E-state index contributed by atoms with van der Waals surface area (Å²) in [4.78, 5) is 46.4. The molecule has 0 radical (unpaired) electrons. The third-order valence-corrected chi connectivity index (χ3v) is 6.02. The van der Waals surface area contributed by atoms with Gasteiger partial charge >= 0.3 is 12.1 Å². The number of imide groups is 2. The summed E-state index contributed by atoms with van der Waals surface area (Å²) < 4.78 is 0. The molecule has 0 atom stereocenters. The van der Waals surface area contributed by atoms with E-state index in [0.29, 0.717) is 31.2 Å². The van der Waals surface area contributed by atoms with Gasteiger partial charge in [-0.3, -0.25) is 20.2 Å². The van der Waals surface area contributed by atoms with Crippen molar-refractivity contribution in [2.75, 3.05) is 24.6 Å². The molecule has 10 heteroatoms. The number of unbranched alkanes of at least 4 members (excludes halogenated alkanes) is 3. The fourth-order valence-electron chi connectivity index (χ4n) is 2.23. The van der Waals surface area contributed by atoms with Crippen molar-refractivity contribution in [2.24, 2.45) is 5.92 Å². The second-order valence-electron chi connectivity index (χ2n) is 7.04. The Morgan fingerprint density at radius 1 is 0.793 bits per heavy atom. The normalized spacial score (nSPS) is 10.5. The van der Waals surface area contributed by atoms with E-state index in [9.17, 15) is 19.2 Å². The van der Waals surface area contributed by atoms with Gasteiger partial charge in [-0.2, -0.15) is 0 Å². The molecule has 0 saturated carbocycles. The Balaban J connectivity index is 3.58. The maximum absolute atomic E-state index is 11.7. The molecule has 0 rings (SSSR count). The van der Waals surface area contributed by atoms with E-state index in [-0.39, 0.29) is 17.6 Å². The Hall–Kier alpha value is -1.42. The third kappa shape index (κ3) is 19.7. The highest BCUT2D eigenvalue weighted by Gasteiger charge is 2.09. The van der Waals surface area contributed by atoms with E-state index >= 15 is 0 Å². The summed E-state index contributed by atoms with van der Waals surface area (Å²) >= 11 is 0. The molecule has 8 nitrogen and oxygen atoms in total. The number of rotatable bonds is 15. The molecule has 0 aromatic rings.